The summed E-state index contributed by atoms with van der Waals surface area (Å²) in [6.45, 7) is 4.17. The molecule has 4 rings (SSSR count). The van der Waals surface area contributed by atoms with Crippen molar-refractivity contribution in [3.63, 3.8) is 0 Å². The van der Waals surface area contributed by atoms with E-state index in [0.717, 1.165) is 22.4 Å². The highest BCUT2D eigenvalue weighted by atomic mass is 35.5. The van der Waals surface area contributed by atoms with Crippen molar-refractivity contribution < 1.29 is 4.84 Å². The summed E-state index contributed by atoms with van der Waals surface area (Å²) in [6, 6.07) is 26.9. The molecule has 0 spiro atoms. The molecule has 1 atom stereocenters. The molecule has 0 radical (unpaired) electrons. The van der Waals surface area contributed by atoms with Gasteiger partial charge in [-0.3, -0.25) is 10.3 Å². The second-order valence-electron chi connectivity index (χ2n) is 7.04. The minimum Gasteiger partial charge on any atom is -0.268 e. The maximum Gasteiger partial charge on any atom is 0.166 e. The lowest BCUT2D eigenvalue weighted by molar-refractivity contribution is -0.0172. The molecule has 2 nitrogen and oxygen atoms in total. The minimum atomic E-state index is -0.710. The summed E-state index contributed by atoms with van der Waals surface area (Å²) in [5.41, 5.74) is 8.84. The first-order chi connectivity index (χ1) is 13.1. The molecule has 1 heterocycles. The zero-order valence-electron chi connectivity index (χ0n) is 15.4. The Morgan fingerprint density at radius 3 is 1.81 bits per heavy atom. The Balaban J connectivity index is 1.81. The molecule has 1 aliphatic heterocycles. The van der Waals surface area contributed by atoms with Gasteiger partial charge in [-0.2, -0.15) is 0 Å². The molecule has 0 aromatic heterocycles. The van der Waals surface area contributed by atoms with Crippen molar-refractivity contribution in [2.24, 2.45) is 0 Å². The smallest absolute Gasteiger partial charge is 0.166 e. The lowest BCUT2D eigenvalue weighted by Crippen LogP contribution is -2.28. The van der Waals surface area contributed by atoms with Crippen LogP contribution in [0.4, 0.5) is 0 Å². The number of hydrogen-bond donors (Lipinski definition) is 1. The molecule has 136 valence electrons. The van der Waals surface area contributed by atoms with Crippen LogP contribution in [0.1, 0.15) is 33.2 Å². The quantitative estimate of drug-likeness (QED) is 0.569. The highest BCUT2D eigenvalue weighted by Gasteiger charge is 2.40. The summed E-state index contributed by atoms with van der Waals surface area (Å²) in [6.07, 6.45) is 2.10. The Morgan fingerprint density at radius 1 is 0.778 bits per heavy atom. The van der Waals surface area contributed by atoms with Gasteiger partial charge in [0, 0.05) is 0 Å². The third-order valence-electron chi connectivity index (χ3n) is 5.01. The Labute approximate surface area is 165 Å². The van der Waals surface area contributed by atoms with Crippen LogP contribution >= 0.6 is 11.6 Å². The minimum absolute atomic E-state index is 0.302. The highest BCUT2D eigenvalue weighted by molar-refractivity contribution is 6.22. The topological polar surface area (TPSA) is 21.3 Å². The molecule has 0 fully saturated rings. The largest absolute Gasteiger partial charge is 0.268 e. The van der Waals surface area contributed by atoms with Crippen molar-refractivity contribution in [1.82, 2.24) is 5.48 Å². The molecule has 0 saturated carbocycles. The fourth-order valence-electron chi connectivity index (χ4n) is 3.40. The highest BCUT2D eigenvalue weighted by Crippen LogP contribution is 2.42. The lowest BCUT2D eigenvalue weighted by atomic mass is 9.85. The van der Waals surface area contributed by atoms with Crippen LogP contribution in [0, 0.1) is 13.8 Å². The molecule has 0 aliphatic carbocycles. The van der Waals surface area contributed by atoms with E-state index in [9.17, 15) is 0 Å². The summed E-state index contributed by atoms with van der Waals surface area (Å²) in [5.74, 6) is 0. The number of hydroxylamine groups is 1. The average Bonchev–Trinajstić information content (AvgIpc) is 3.15. The van der Waals surface area contributed by atoms with Crippen LogP contribution in [0.25, 0.3) is 0 Å². The monoisotopic (exact) mass is 375 g/mol. The standard InChI is InChI=1S/C24H22ClNO/c1-17-8-12-20(13-9-17)24(21-14-10-18(2)11-15-21)16-22(26-27-24)23(25)19-6-4-3-5-7-19/h3-16,23,26H,1-2H3. The van der Waals surface area contributed by atoms with Gasteiger partial charge in [0.05, 0.1) is 5.70 Å². The van der Waals surface area contributed by atoms with Crippen LogP contribution in [0.5, 0.6) is 0 Å². The van der Waals surface area contributed by atoms with Crippen molar-refractivity contribution in [3.05, 3.63) is 118 Å². The van der Waals surface area contributed by atoms with Gasteiger partial charge in [0.1, 0.15) is 5.38 Å². The molecule has 27 heavy (non-hydrogen) atoms. The average molecular weight is 376 g/mol. The van der Waals surface area contributed by atoms with E-state index in [-0.39, 0.29) is 5.38 Å². The molecule has 0 amide bonds. The van der Waals surface area contributed by atoms with Crippen molar-refractivity contribution >= 4 is 11.6 Å². The summed E-state index contributed by atoms with van der Waals surface area (Å²) in [4.78, 5) is 6.22. The number of alkyl halides is 1. The SMILES string of the molecule is Cc1ccc(C2(c3ccc(C)cc3)C=C(C(Cl)c3ccccc3)NO2)cc1. The zero-order valence-corrected chi connectivity index (χ0v) is 16.2. The Kier molecular flexibility index (Phi) is 4.77. The van der Waals surface area contributed by atoms with Crippen LogP contribution < -0.4 is 5.48 Å². The molecular formula is C24H22ClNO. The van der Waals surface area contributed by atoms with Crippen LogP contribution in [0.15, 0.2) is 90.6 Å². The summed E-state index contributed by atoms with van der Waals surface area (Å²) in [7, 11) is 0. The summed E-state index contributed by atoms with van der Waals surface area (Å²) < 4.78 is 0. The molecule has 1 unspecified atom stereocenters. The predicted octanol–water partition coefficient (Wildman–Crippen LogP) is 5.95. The van der Waals surface area contributed by atoms with Gasteiger partial charge in [-0.1, -0.05) is 90.0 Å². The number of benzene rings is 3. The van der Waals surface area contributed by atoms with Crippen LogP contribution in [0.2, 0.25) is 0 Å². The van der Waals surface area contributed by atoms with Crippen molar-refractivity contribution in [3.8, 4) is 0 Å². The van der Waals surface area contributed by atoms with E-state index in [1.807, 2.05) is 30.3 Å². The van der Waals surface area contributed by atoms with E-state index in [2.05, 4.69) is 73.9 Å². The Morgan fingerprint density at radius 2 is 1.30 bits per heavy atom. The molecular weight excluding hydrogens is 354 g/mol. The van der Waals surface area contributed by atoms with Crippen LogP contribution in [-0.4, -0.2) is 0 Å². The van der Waals surface area contributed by atoms with Crippen LogP contribution in [0.3, 0.4) is 0 Å². The van der Waals surface area contributed by atoms with Gasteiger partial charge in [-0.05, 0) is 36.6 Å². The number of rotatable bonds is 4. The van der Waals surface area contributed by atoms with Gasteiger partial charge in [0.15, 0.2) is 5.60 Å². The molecule has 1 aliphatic rings. The number of hydrogen-bond acceptors (Lipinski definition) is 2. The fourth-order valence-corrected chi connectivity index (χ4v) is 3.65. The number of halogens is 1. The Bertz CT molecular complexity index is 900. The molecule has 3 aromatic carbocycles. The number of aryl methyl sites for hydroxylation is 2. The van der Waals surface area contributed by atoms with Gasteiger partial charge in [0.2, 0.25) is 0 Å². The van der Waals surface area contributed by atoms with Gasteiger partial charge >= 0.3 is 0 Å². The summed E-state index contributed by atoms with van der Waals surface area (Å²) >= 11 is 6.75. The number of nitrogens with one attached hydrogen (secondary N) is 1. The fraction of sp³-hybridized carbons (Fsp3) is 0.167. The first kappa shape index (κ1) is 17.8. The van der Waals surface area contributed by atoms with Crippen LogP contribution in [-0.2, 0) is 10.4 Å². The second-order valence-corrected chi connectivity index (χ2v) is 7.48. The van der Waals surface area contributed by atoms with E-state index < -0.39 is 5.60 Å². The number of allylic oxidation sites excluding steroid dienone is 1. The van der Waals surface area contributed by atoms with Gasteiger partial charge in [0.25, 0.3) is 0 Å². The van der Waals surface area contributed by atoms with E-state index in [1.165, 1.54) is 11.1 Å². The zero-order chi connectivity index (χ0) is 18.9. The molecule has 0 saturated heterocycles. The molecule has 3 heteroatoms. The normalized spacial score (nSPS) is 16.5. The third-order valence-corrected chi connectivity index (χ3v) is 5.50. The predicted molar refractivity (Wildman–Crippen MR) is 110 cm³/mol. The molecule has 1 N–H and O–H groups in total. The van der Waals surface area contributed by atoms with Crippen molar-refractivity contribution in [2.45, 2.75) is 24.8 Å². The summed E-state index contributed by atoms with van der Waals surface area (Å²) in [5, 5.41) is -0.302. The van der Waals surface area contributed by atoms with Crippen molar-refractivity contribution in [2.75, 3.05) is 0 Å². The van der Waals surface area contributed by atoms with Gasteiger partial charge in [-0.25, -0.2) is 0 Å². The molecule has 0 bridgehead atoms. The van der Waals surface area contributed by atoms with E-state index in [0.29, 0.717) is 0 Å². The lowest BCUT2D eigenvalue weighted by Gasteiger charge is -2.27. The van der Waals surface area contributed by atoms with Gasteiger partial charge < -0.3 is 0 Å². The van der Waals surface area contributed by atoms with Gasteiger partial charge in [-0.15, -0.1) is 11.6 Å². The van der Waals surface area contributed by atoms with E-state index in [4.69, 9.17) is 16.4 Å². The second kappa shape index (κ2) is 7.22. The first-order valence-corrected chi connectivity index (χ1v) is 9.52. The maximum absolute atomic E-state index is 6.75. The van der Waals surface area contributed by atoms with E-state index >= 15 is 0 Å². The van der Waals surface area contributed by atoms with E-state index in [1.54, 1.807) is 0 Å². The third kappa shape index (κ3) is 3.39. The molecule has 3 aromatic rings. The first-order valence-electron chi connectivity index (χ1n) is 9.08. The van der Waals surface area contributed by atoms with Crippen molar-refractivity contribution in [1.29, 1.82) is 0 Å². The Hall–Kier alpha value is -2.55. The maximum atomic E-state index is 6.75.